The molecule has 2 rings (SSSR count). The molecule has 2 aliphatic heterocycles. The van der Waals surface area contributed by atoms with Gasteiger partial charge in [-0.1, -0.05) is 0 Å². The molecule has 2 heterocycles. The van der Waals surface area contributed by atoms with E-state index in [4.69, 9.17) is 9.47 Å². The molecule has 5 heteroatoms. The second-order valence-corrected chi connectivity index (χ2v) is 5.57. The maximum absolute atomic E-state index is 11.7. The zero-order chi connectivity index (χ0) is 11.4. The van der Waals surface area contributed by atoms with Gasteiger partial charge in [0.1, 0.15) is 11.5 Å². The molecule has 0 radical (unpaired) electrons. The molecule has 1 amide bonds. The summed E-state index contributed by atoms with van der Waals surface area (Å²) in [4.78, 5) is 13.6. The van der Waals surface area contributed by atoms with Gasteiger partial charge in [-0.25, -0.2) is 0 Å². The highest BCUT2D eigenvalue weighted by molar-refractivity contribution is 8.00. The second-order valence-electron chi connectivity index (χ2n) is 4.13. The summed E-state index contributed by atoms with van der Waals surface area (Å²) in [5, 5.41) is 0. The lowest BCUT2D eigenvalue weighted by molar-refractivity contribution is -0.138. The quantitative estimate of drug-likeness (QED) is 0.746. The van der Waals surface area contributed by atoms with Crippen LogP contribution in [-0.2, 0) is 14.3 Å². The Morgan fingerprint density at radius 3 is 2.81 bits per heavy atom. The minimum Gasteiger partial charge on any atom is -0.372 e. The summed E-state index contributed by atoms with van der Waals surface area (Å²) >= 11 is 1.91. The number of piperidine rings is 1. The van der Waals surface area contributed by atoms with E-state index in [9.17, 15) is 4.79 Å². The first-order valence-corrected chi connectivity index (χ1v) is 6.88. The van der Waals surface area contributed by atoms with Crippen LogP contribution >= 0.6 is 11.8 Å². The van der Waals surface area contributed by atoms with Crippen LogP contribution in [0.3, 0.4) is 0 Å². The largest absolute Gasteiger partial charge is 0.372 e. The lowest BCUT2D eigenvalue weighted by Gasteiger charge is -2.37. The van der Waals surface area contributed by atoms with Crippen LogP contribution < -0.4 is 0 Å². The molecule has 1 spiro atoms. The van der Waals surface area contributed by atoms with E-state index in [0.717, 1.165) is 38.3 Å². The van der Waals surface area contributed by atoms with Crippen molar-refractivity contribution in [3.05, 3.63) is 0 Å². The van der Waals surface area contributed by atoms with Gasteiger partial charge in [0.15, 0.2) is 0 Å². The van der Waals surface area contributed by atoms with E-state index in [1.54, 1.807) is 0 Å². The van der Waals surface area contributed by atoms with Gasteiger partial charge in [-0.15, -0.1) is 11.8 Å². The highest BCUT2D eigenvalue weighted by atomic mass is 32.2. The van der Waals surface area contributed by atoms with Gasteiger partial charge >= 0.3 is 0 Å². The molecular formula is C11H19NO3S. The molecule has 0 unspecified atom stereocenters. The highest BCUT2D eigenvalue weighted by Gasteiger charge is 2.40. The Hall–Kier alpha value is -0.260. The molecule has 0 aromatic heterocycles. The molecule has 16 heavy (non-hydrogen) atoms. The molecule has 0 bridgehead atoms. The molecular weight excluding hydrogens is 226 g/mol. The van der Waals surface area contributed by atoms with Gasteiger partial charge in [-0.2, -0.15) is 0 Å². The fourth-order valence-corrected chi connectivity index (χ4v) is 3.34. The van der Waals surface area contributed by atoms with Gasteiger partial charge in [0.2, 0.25) is 5.91 Å². The third kappa shape index (κ3) is 2.70. The van der Waals surface area contributed by atoms with Crippen molar-refractivity contribution in [2.45, 2.75) is 24.7 Å². The van der Waals surface area contributed by atoms with E-state index >= 15 is 0 Å². The van der Waals surface area contributed by atoms with Crippen molar-refractivity contribution in [2.24, 2.45) is 0 Å². The van der Waals surface area contributed by atoms with Gasteiger partial charge in [0.25, 0.3) is 0 Å². The first-order valence-electron chi connectivity index (χ1n) is 5.89. The maximum atomic E-state index is 11.7. The third-order valence-electron chi connectivity index (χ3n) is 3.12. The molecule has 4 nitrogen and oxygen atoms in total. The van der Waals surface area contributed by atoms with Gasteiger partial charge < -0.3 is 14.4 Å². The molecule has 0 N–H and O–H groups in total. The number of carbonyl (C=O) groups excluding carboxylic acids is 1. The zero-order valence-electron chi connectivity index (χ0n) is 9.74. The van der Waals surface area contributed by atoms with E-state index < -0.39 is 0 Å². The minimum atomic E-state index is 0.0163. The Morgan fingerprint density at radius 2 is 2.25 bits per heavy atom. The van der Waals surface area contributed by atoms with Crippen molar-refractivity contribution in [1.29, 1.82) is 0 Å². The van der Waals surface area contributed by atoms with E-state index in [1.807, 2.05) is 23.6 Å². The summed E-state index contributed by atoms with van der Waals surface area (Å²) in [6.45, 7) is 5.19. The third-order valence-corrected chi connectivity index (χ3v) is 4.54. The SMILES string of the molecule is CCOCC(=O)N1CCC2(CC1)OCCS2. The van der Waals surface area contributed by atoms with Crippen LogP contribution in [0.2, 0.25) is 0 Å². The number of ether oxygens (including phenoxy) is 2. The summed E-state index contributed by atoms with van der Waals surface area (Å²) < 4.78 is 10.9. The van der Waals surface area contributed by atoms with Gasteiger partial charge in [-0.05, 0) is 6.92 Å². The maximum Gasteiger partial charge on any atom is 0.248 e. The molecule has 2 saturated heterocycles. The Kier molecular flexibility index (Phi) is 4.10. The topological polar surface area (TPSA) is 38.8 Å². The number of amides is 1. The van der Waals surface area contributed by atoms with Crippen LogP contribution in [0.5, 0.6) is 0 Å². The number of hydrogen-bond donors (Lipinski definition) is 0. The molecule has 92 valence electrons. The second kappa shape index (κ2) is 5.38. The van der Waals surface area contributed by atoms with Crippen molar-refractivity contribution < 1.29 is 14.3 Å². The number of hydrogen-bond acceptors (Lipinski definition) is 4. The van der Waals surface area contributed by atoms with Crippen LogP contribution in [0, 0.1) is 0 Å². The zero-order valence-corrected chi connectivity index (χ0v) is 10.6. The molecule has 0 atom stereocenters. The Balaban J connectivity index is 1.78. The van der Waals surface area contributed by atoms with E-state index in [-0.39, 0.29) is 17.4 Å². The summed E-state index contributed by atoms with van der Waals surface area (Å²) in [6, 6.07) is 0. The number of thioether (sulfide) groups is 1. The highest BCUT2D eigenvalue weighted by Crippen LogP contribution is 2.41. The summed E-state index contributed by atoms with van der Waals surface area (Å²) in [5.41, 5.74) is 0. The molecule has 0 aliphatic carbocycles. The normalized spacial score (nSPS) is 23.9. The first kappa shape index (κ1) is 12.2. The standard InChI is InChI=1S/C11H19NO3S/c1-2-14-9-10(13)12-5-3-11(4-6-12)15-7-8-16-11/h2-9H2,1H3. The number of likely N-dealkylation sites (tertiary alicyclic amines) is 1. The fourth-order valence-electron chi connectivity index (χ4n) is 2.16. The summed E-state index contributed by atoms with van der Waals surface area (Å²) in [6.07, 6.45) is 1.91. The smallest absolute Gasteiger partial charge is 0.248 e. The van der Waals surface area contributed by atoms with Crippen LogP contribution in [0.1, 0.15) is 19.8 Å². The van der Waals surface area contributed by atoms with E-state index in [1.165, 1.54) is 0 Å². The fraction of sp³-hybridized carbons (Fsp3) is 0.909. The van der Waals surface area contributed by atoms with Gasteiger partial charge in [0, 0.05) is 38.3 Å². The predicted octanol–water partition coefficient (Wildman–Crippen LogP) is 1.11. The lowest BCUT2D eigenvalue weighted by Crippen LogP contribution is -2.46. The lowest BCUT2D eigenvalue weighted by atomic mass is 10.1. The number of carbonyl (C=O) groups is 1. The Bertz CT molecular complexity index is 244. The van der Waals surface area contributed by atoms with Crippen LogP contribution in [-0.4, -0.2) is 54.4 Å². The molecule has 0 aromatic carbocycles. The van der Waals surface area contributed by atoms with E-state index in [2.05, 4.69) is 0 Å². The van der Waals surface area contributed by atoms with Crippen LogP contribution in [0.25, 0.3) is 0 Å². The van der Waals surface area contributed by atoms with Gasteiger partial charge in [-0.3, -0.25) is 4.79 Å². The number of rotatable bonds is 3. The monoisotopic (exact) mass is 245 g/mol. The van der Waals surface area contributed by atoms with Crippen molar-refractivity contribution in [1.82, 2.24) is 4.90 Å². The van der Waals surface area contributed by atoms with Crippen LogP contribution in [0.15, 0.2) is 0 Å². The van der Waals surface area contributed by atoms with Crippen molar-refractivity contribution in [2.75, 3.05) is 38.7 Å². The summed E-state index contributed by atoms with van der Waals surface area (Å²) in [5.74, 6) is 1.20. The molecule has 2 aliphatic rings. The predicted molar refractivity (Wildman–Crippen MR) is 63.4 cm³/mol. The minimum absolute atomic E-state index is 0.0163. The average Bonchev–Trinajstić information content (AvgIpc) is 2.75. The summed E-state index contributed by atoms with van der Waals surface area (Å²) in [7, 11) is 0. The van der Waals surface area contributed by atoms with Crippen molar-refractivity contribution in [3.8, 4) is 0 Å². The van der Waals surface area contributed by atoms with E-state index in [0.29, 0.717) is 6.61 Å². The average molecular weight is 245 g/mol. The number of nitrogens with zero attached hydrogens (tertiary/aromatic N) is 1. The van der Waals surface area contributed by atoms with Crippen molar-refractivity contribution in [3.63, 3.8) is 0 Å². The molecule has 0 aromatic rings. The van der Waals surface area contributed by atoms with Crippen molar-refractivity contribution >= 4 is 17.7 Å². The Labute approximate surface area is 101 Å². The molecule has 0 saturated carbocycles. The first-order chi connectivity index (χ1) is 7.76. The van der Waals surface area contributed by atoms with Gasteiger partial charge in [0.05, 0.1) is 6.61 Å². The molecule has 2 fully saturated rings. The Morgan fingerprint density at radius 1 is 1.50 bits per heavy atom. The van der Waals surface area contributed by atoms with Crippen LogP contribution in [0.4, 0.5) is 0 Å².